The largest absolute Gasteiger partial charge is 0.481 e. The summed E-state index contributed by atoms with van der Waals surface area (Å²) in [7, 11) is -1.56. The Morgan fingerprint density at radius 1 is 1.36 bits per heavy atom. The molecule has 124 valence electrons. The van der Waals surface area contributed by atoms with E-state index >= 15 is 0 Å². The second-order valence-electron chi connectivity index (χ2n) is 5.57. The standard InChI is InChI=1S/C14H19F2NO4S/c1-14(2,3)22(20)17-10(8-12(18)19)9-6-4-5-7-11(9)21-13(15)16/h4-7,10,13,17H,8H2,1-3H3,(H,18,19)/t10-,22?/m1/s1. The maximum absolute atomic E-state index is 12.5. The van der Waals surface area contributed by atoms with Gasteiger partial charge in [0.15, 0.2) is 0 Å². The third-order valence-corrected chi connectivity index (χ3v) is 4.31. The van der Waals surface area contributed by atoms with Gasteiger partial charge in [0, 0.05) is 5.56 Å². The number of nitrogens with one attached hydrogen (secondary N) is 1. The Labute approximate surface area is 130 Å². The molecule has 0 radical (unpaired) electrons. The van der Waals surface area contributed by atoms with Crippen molar-refractivity contribution >= 4 is 17.0 Å². The van der Waals surface area contributed by atoms with Crippen molar-refractivity contribution in [1.82, 2.24) is 4.72 Å². The maximum atomic E-state index is 12.5. The Balaban J connectivity index is 3.12. The number of rotatable bonds is 7. The van der Waals surface area contributed by atoms with Crippen LogP contribution in [-0.2, 0) is 15.8 Å². The average molecular weight is 335 g/mol. The fraction of sp³-hybridized carbons (Fsp3) is 0.500. The van der Waals surface area contributed by atoms with Crippen molar-refractivity contribution < 1.29 is 27.6 Å². The zero-order valence-electron chi connectivity index (χ0n) is 12.5. The van der Waals surface area contributed by atoms with Crippen LogP contribution in [-0.4, -0.2) is 26.6 Å². The summed E-state index contributed by atoms with van der Waals surface area (Å²) in [6, 6.07) is 4.95. The molecule has 0 aliphatic carbocycles. The van der Waals surface area contributed by atoms with Gasteiger partial charge in [0.1, 0.15) is 5.75 Å². The molecule has 0 aromatic heterocycles. The molecule has 0 saturated carbocycles. The van der Waals surface area contributed by atoms with Gasteiger partial charge in [0.25, 0.3) is 0 Å². The van der Waals surface area contributed by atoms with Crippen LogP contribution >= 0.6 is 0 Å². The predicted molar refractivity (Wildman–Crippen MR) is 79.1 cm³/mol. The van der Waals surface area contributed by atoms with Crippen molar-refractivity contribution in [3.63, 3.8) is 0 Å². The van der Waals surface area contributed by atoms with Gasteiger partial charge < -0.3 is 9.84 Å². The van der Waals surface area contributed by atoms with E-state index in [4.69, 9.17) is 5.11 Å². The zero-order valence-corrected chi connectivity index (χ0v) is 13.3. The highest BCUT2D eigenvalue weighted by atomic mass is 32.2. The fourth-order valence-electron chi connectivity index (χ4n) is 1.67. The van der Waals surface area contributed by atoms with Crippen LogP contribution in [0.3, 0.4) is 0 Å². The van der Waals surface area contributed by atoms with Gasteiger partial charge in [0.2, 0.25) is 0 Å². The number of carboxylic acid groups (broad SMARTS) is 1. The monoisotopic (exact) mass is 335 g/mol. The molecule has 1 aromatic carbocycles. The second-order valence-corrected chi connectivity index (χ2v) is 7.56. The van der Waals surface area contributed by atoms with Crippen LogP contribution < -0.4 is 9.46 Å². The lowest BCUT2D eigenvalue weighted by molar-refractivity contribution is -0.137. The molecule has 0 fully saturated rings. The molecular weight excluding hydrogens is 316 g/mol. The molecule has 1 rings (SSSR count). The van der Waals surface area contributed by atoms with Crippen LogP contribution in [0.15, 0.2) is 24.3 Å². The zero-order chi connectivity index (χ0) is 16.9. The van der Waals surface area contributed by atoms with Crippen LogP contribution in [0, 0.1) is 0 Å². The van der Waals surface area contributed by atoms with Crippen molar-refractivity contribution in [2.24, 2.45) is 0 Å². The van der Waals surface area contributed by atoms with Crippen molar-refractivity contribution in [1.29, 1.82) is 0 Å². The molecular formula is C14H19F2NO4S. The lowest BCUT2D eigenvalue weighted by Crippen LogP contribution is -2.36. The van der Waals surface area contributed by atoms with Crippen LogP contribution in [0.1, 0.15) is 38.8 Å². The van der Waals surface area contributed by atoms with Gasteiger partial charge >= 0.3 is 12.6 Å². The molecule has 0 spiro atoms. The number of hydrogen-bond acceptors (Lipinski definition) is 3. The quantitative estimate of drug-likeness (QED) is 0.803. The summed E-state index contributed by atoms with van der Waals surface area (Å²) >= 11 is 0. The number of para-hydroxylation sites is 1. The molecule has 0 aliphatic heterocycles. The first-order chi connectivity index (χ1) is 10.1. The first-order valence-electron chi connectivity index (χ1n) is 6.55. The summed E-state index contributed by atoms with van der Waals surface area (Å²) in [5, 5.41) is 9.01. The van der Waals surface area contributed by atoms with Crippen LogP contribution in [0.25, 0.3) is 0 Å². The molecule has 1 aromatic rings. The molecule has 0 aliphatic rings. The molecule has 8 heteroatoms. The van der Waals surface area contributed by atoms with E-state index in [1.54, 1.807) is 26.8 Å². The smallest absolute Gasteiger partial charge is 0.387 e. The Hall–Kier alpha value is -1.54. The molecule has 2 N–H and O–H groups in total. The SMILES string of the molecule is CC(C)(C)S(=O)N[C@H](CC(=O)O)c1ccccc1OC(F)F. The Morgan fingerprint density at radius 3 is 2.45 bits per heavy atom. The molecule has 5 nitrogen and oxygen atoms in total. The second kappa shape index (κ2) is 7.64. The first kappa shape index (κ1) is 18.5. The van der Waals surface area contributed by atoms with Crippen LogP contribution in [0.4, 0.5) is 8.78 Å². The van der Waals surface area contributed by atoms with Crippen molar-refractivity contribution in [3.05, 3.63) is 29.8 Å². The van der Waals surface area contributed by atoms with E-state index in [-0.39, 0.29) is 11.3 Å². The van der Waals surface area contributed by atoms with Crippen LogP contribution in [0.5, 0.6) is 5.75 Å². The van der Waals surface area contributed by atoms with E-state index in [2.05, 4.69) is 9.46 Å². The van der Waals surface area contributed by atoms with E-state index in [0.29, 0.717) is 0 Å². The number of carboxylic acids is 1. The van der Waals surface area contributed by atoms with Gasteiger partial charge in [0.05, 0.1) is 28.2 Å². The average Bonchev–Trinajstić information content (AvgIpc) is 2.36. The number of hydrogen-bond donors (Lipinski definition) is 2. The Kier molecular flexibility index (Phi) is 6.43. The summed E-state index contributed by atoms with van der Waals surface area (Å²) in [5.74, 6) is -1.28. The minimum Gasteiger partial charge on any atom is -0.481 e. The van der Waals surface area contributed by atoms with Crippen LogP contribution in [0.2, 0.25) is 0 Å². The molecule has 1 unspecified atom stereocenters. The molecule has 22 heavy (non-hydrogen) atoms. The number of benzene rings is 1. The number of ether oxygens (including phenoxy) is 1. The first-order valence-corrected chi connectivity index (χ1v) is 7.70. The topological polar surface area (TPSA) is 75.6 Å². The fourth-order valence-corrected chi connectivity index (χ4v) is 2.49. The minimum absolute atomic E-state index is 0.137. The molecule has 0 bridgehead atoms. The van der Waals surface area contributed by atoms with Gasteiger partial charge in [-0.15, -0.1) is 0 Å². The van der Waals surface area contributed by atoms with Gasteiger partial charge in [-0.1, -0.05) is 18.2 Å². The van der Waals surface area contributed by atoms with E-state index in [1.807, 2.05) is 0 Å². The van der Waals surface area contributed by atoms with Crippen molar-refractivity contribution in [2.45, 2.75) is 44.6 Å². The van der Waals surface area contributed by atoms with Crippen molar-refractivity contribution in [3.8, 4) is 5.75 Å². The number of halogens is 2. The van der Waals surface area contributed by atoms with E-state index in [1.165, 1.54) is 18.2 Å². The summed E-state index contributed by atoms with van der Waals surface area (Å²) in [6.07, 6.45) is -0.411. The molecule has 0 heterocycles. The molecule has 0 saturated heterocycles. The Bertz CT molecular complexity index is 546. The highest BCUT2D eigenvalue weighted by Gasteiger charge is 2.27. The third kappa shape index (κ3) is 5.69. The van der Waals surface area contributed by atoms with Gasteiger partial charge in [-0.25, -0.2) is 8.93 Å². The summed E-state index contributed by atoms with van der Waals surface area (Å²) in [4.78, 5) is 11.0. The normalized spacial score (nSPS) is 14.6. The number of alkyl halides is 2. The van der Waals surface area contributed by atoms with Gasteiger partial charge in [-0.3, -0.25) is 4.79 Å². The Morgan fingerprint density at radius 2 is 1.95 bits per heavy atom. The van der Waals surface area contributed by atoms with Gasteiger partial charge in [-0.05, 0) is 26.8 Å². The minimum atomic E-state index is -3.03. The summed E-state index contributed by atoms with van der Waals surface area (Å²) in [6.45, 7) is 2.13. The van der Waals surface area contributed by atoms with E-state index in [0.717, 1.165) is 0 Å². The van der Waals surface area contributed by atoms with Gasteiger partial charge in [-0.2, -0.15) is 8.78 Å². The number of carbonyl (C=O) groups is 1. The summed E-state index contributed by atoms with van der Waals surface area (Å²) in [5.41, 5.74) is 0.225. The predicted octanol–water partition coefficient (Wildman–Crippen LogP) is 2.86. The lowest BCUT2D eigenvalue weighted by Gasteiger charge is -2.25. The highest BCUT2D eigenvalue weighted by molar-refractivity contribution is 7.84. The third-order valence-electron chi connectivity index (χ3n) is 2.69. The maximum Gasteiger partial charge on any atom is 0.387 e. The lowest BCUT2D eigenvalue weighted by atomic mass is 10.0. The summed E-state index contributed by atoms with van der Waals surface area (Å²) < 4.78 is 43.6. The van der Waals surface area contributed by atoms with E-state index < -0.39 is 40.8 Å². The molecule has 2 atom stereocenters. The highest BCUT2D eigenvalue weighted by Crippen LogP contribution is 2.29. The van der Waals surface area contributed by atoms with Crippen molar-refractivity contribution in [2.75, 3.05) is 0 Å². The number of aliphatic carboxylic acids is 1. The van der Waals surface area contributed by atoms with E-state index in [9.17, 15) is 17.8 Å². The molecule has 0 amide bonds.